The second-order valence-corrected chi connectivity index (χ2v) is 10.3. The number of anilines is 2. The zero-order valence-corrected chi connectivity index (χ0v) is 22.2. The number of piperidine rings is 1. The van der Waals surface area contributed by atoms with E-state index in [2.05, 4.69) is 70.2 Å². The van der Waals surface area contributed by atoms with Gasteiger partial charge in [-0.3, -0.25) is 0 Å². The van der Waals surface area contributed by atoms with Gasteiger partial charge in [0.1, 0.15) is 11.3 Å². The smallest absolute Gasteiger partial charge is 0.315 e. The van der Waals surface area contributed by atoms with E-state index in [4.69, 9.17) is 15.0 Å². The number of rotatable bonds is 6. The van der Waals surface area contributed by atoms with E-state index >= 15 is 0 Å². The maximum atomic E-state index is 12.1. The first-order chi connectivity index (χ1) is 17.8. The predicted molar refractivity (Wildman–Crippen MR) is 149 cm³/mol. The molecule has 4 aromatic rings. The number of nitrogens with zero attached hydrogens (tertiary/aromatic N) is 5. The molecular weight excluding hydrogens is 464 g/mol. The second-order valence-electron chi connectivity index (χ2n) is 10.3. The van der Waals surface area contributed by atoms with Crippen LogP contribution in [0.5, 0.6) is 0 Å². The van der Waals surface area contributed by atoms with Crippen molar-refractivity contribution >= 4 is 39.7 Å². The molecule has 0 spiro atoms. The van der Waals surface area contributed by atoms with E-state index < -0.39 is 0 Å². The van der Waals surface area contributed by atoms with Crippen LogP contribution in [0, 0.1) is 6.92 Å². The lowest BCUT2D eigenvalue weighted by Crippen LogP contribution is -2.49. The Morgan fingerprint density at radius 1 is 1.00 bits per heavy atom. The largest absolute Gasteiger partial charge is 0.362 e. The molecule has 2 aromatic carbocycles. The van der Waals surface area contributed by atoms with Gasteiger partial charge in [-0.25, -0.2) is 9.78 Å². The SMILES string of the molecule is Cc1nc2nc(N3CCC(NC(=O)NC(C)C)CC3)nc(N[C@H](C)c3ccc4ccccc4c3)c2n1C. The molecule has 2 aromatic heterocycles. The summed E-state index contributed by atoms with van der Waals surface area (Å²) in [6.07, 6.45) is 1.68. The van der Waals surface area contributed by atoms with Crippen LogP contribution in [0.25, 0.3) is 21.9 Å². The molecule has 0 saturated carbocycles. The Balaban J connectivity index is 1.37. The van der Waals surface area contributed by atoms with Crippen LogP contribution in [0.15, 0.2) is 42.5 Å². The first kappa shape index (κ1) is 24.8. The molecule has 0 aliphatic carbocycles. The van der Waals surface area contributed by atoms with Crippen LogP contribution in [-0.2, 0) is 7.05 Å². The molecule has 9 heteroatoms. The average molecular weight is 501 g/mol. The van der Waals surface area contributed by atoms with Gasteiger partial charge in [-0.05, 0) is 62.9 Å². The molecule has 37 heavy (non-hydrogen) atoms. The van der Waals surface area contributed by atoms with E-state index in [1.165, 1.54) is 16.3 Å². The number of aromatic nitrogens is 4. The summed E-state index contributed by atoms with van der Waals surface area (Å²) in [6.45, 7) is 9.59. The minimum Gasteiger partial charge on any atom is -0.362 e. The quantitative estimate of drug-likeness (QED) is 0.356. The summed E-state index contributed by atoms with van der Waals surface area (Å²) in [5.41, 5.74) is 2.78. The highest BCUT2D eigenvalue weighted by Crippen LogP contribution is 2.29. The summed E-state index contributed by atoms with van der Waals surface area (Å²) < 4.78 is 2.04. The van der Waals surface area contributed by atoms with Crippen LogP contribution < -0.4 is 20.9 Å². The highest BCUT2D eigenvalue weighted by molar-refractivity contribution is 5.86. The summed E-state index contributed by atoms with van der Waals surface area (Å²) in [5.74, 6) is 2.34. The number of aryl methyl sites for hydroxylation is 2. The molecule has 1 fully saturated rings. The molecule has 5 rings (SSSR count). The maximum absolute atomic E-state index is 12.1. The van der Waals surface area contributed by atoms with Gasteiger partial charge in [-0.1, -0.05) is 36.4 Å². The molecule has 1 atom stereocenters. The van der Waals surface area contributed by atoms with Crippen molar-refractivity contribution in [1.29, 1.82) is 0 Å². The number of carbonyl (C=O) groups excluding carboxylic acids is 1. The van der Waals surface area contributed by atoms with Gasteiger partial charge in [0.15, 0.2) is 11.5 Å². The predicted octanol–water partition coefficient (Wildman–Crippen LogP) is 4.67. The summed E-state index contributed by atoms with van der Waals surface area (Å²) in [5, 5.41) is 12.1. The number of urea groups is 1. The number of fused-ring (bicyclic) bond motifs is 2. The second kappa shape index (κ2) is 10.2. The Kier molecular flexibility index (Phi) is 6.86. The van der Waals surface area contributed by atoms with Crippen molar-refractivity contribution in [3.8, 4) is 0 Å². The van der Waals surface area contributed by atoms with E-state index in [9.17, 15) is 4.79 Å². The van der Waals surface area contributed by atoms with Gasteiger partial charge in [0.25, 0.3) is 0 Å². The normalized spacial score (nSPS) is 15.4. The Hall–Kier alpha value is -3.88. The number of hydrogen-bond acceptors (Lipinski definition) is 6. The number of carbonyl (C=O) groups is 1. The van der Waals surface area contributed by atoms with Gasteiger partial charge in [-0.15, -0.1) is 0 Å². The van der Waals surface area contributed by atoms with E-state index in [-0.39, 0.29) is 24.2 Å². The van der Waals surface area contributed by atoms with Crippen LogP contribution >= 0.6 is 0 Å². The third-order valence-electron chi connectivity index (χ3n) is 7.10. The van der Waals surface area contributed by atoms with Crippen molar-refractivity contribution < 1.29 is 4.79 Å². The molecule has 1 aliphatic heterocycles. The monoisotopic (exact) mass is 500 g/mol. The van der Waals surface area contributed by atoms with E-state index in [1.807, 2.05) is 32.4 Å². The standard InChI is InChI=1S/C28H36N8O/c1-17(2)29-28(37)32-23-12-14-36(15-13-23)27-33-25(24-26(34-27)31-19(4)35(24)5)30-18(3)21-11-10-20-8-6-7-9-22(20)16-21/h6-11,16-18,23H,12-15H2,1-5H3,(H2,29,32,37)(H,30,33,34)/t18-/m1/s1. The third kappa shape index (κ3) is 5.30. The van der Waals surface area contributed by atoms with Crippen LogP contribution in [0.1, 0.15) is 51.0 Å². The molecule has 1 saturated heterocycles. The average Bonchev–Trinajstić information content (AvgIpc) is 3.16. The Morgan fingerprint density at radius 3 is 2.46 bits per heavy atom. The molecule has 1 aliphatic rings. The highest BCUT2D eigenvalue weighted by atomic mass is 16.2. The van der Waals surface area contributed by atoms with Crippen molar-refractivity contribution in [3.05, 3.63) is 53.9 Å². The first-order valence-electron chi connectivity index (χ1n) is 13.1. The number of benzene rings is 2. The molecule has 0 unspecified atom stereocenters. The maximum Gasteiger partial charge on any atom is 0.315 e. The summed E-state index contributed by atoms with van der Waals surface area (Å²) in [6, 6.07) is 15.2. The van der Waals surface area contributed by atoms with Crippen LogP contribution in [0.4, 0.5) is 16.6 Å². The Morgan fingerprint density at radius 2 is 1.73 bits per heavy atom. The van der Waals surface area contributed by atoms with Crippen molar-refractivity contribution in [1.82, 2.24) is 30.2 Å². The molecule has 9 nitrogen and oxygen atoms in total. The first-order valence-corrected chi connectivity index (χ1v) is 13.1. The highest BCUT2D eigenvalue weighted by Gasteiger charge is 2.25. The fraction of sp³-hybridized carbons (Fsp3) is 0.429. The minimum atomic E-state index is -0.107. The van der Waals surface area contributed by atoms with E-state index in [1.54, 1.807) is 0 Å². The van der Waals surface area contributed by atoms with Gasteiger partial charge >= 0.3 is 6.03 Å². The van der Waals surface area contributed by atoms with Gasteiger partial charge in [0.2, 0.25) is 5.95 Å². The fourth-order valence-corrected chi connectivity index (χ4v) is 4.93. The molecule has 0 radical (unpaired) electrons. The zero-order chi connectivity index (χ0) is 26.1. The molecule has 3 N–H and O–H groups in total. The Labute approximate surface area is 217 Å². The van der Waals surface area contributed by atoms with Gasteiger partial charge in [0.05, 0.1) is 6.04 Å². The Bertz CT molecular complexity index is 1420. The minimum absolute atomic E-state index is 0.0418. The lowest BCUT2D eigenvalue weighted by Gasteiger charge is -2.32. The van der Waals surface area contributed by atoms with Gasteiger partial charge in [-0.2, -0.15) is 9.97 Å². The topological polar surface area (TPSA) is 100 Å². The lowest BCUT2D eigenvalue weighted by atomic mass is 10.0. The zero-order valence-electron chi connectivity index (χ0n) is 22.2. The fourth-order valence-electron chi connectivity index (χ4n) is 4.93. The van der Waals surface area contributed by atoms with Crippen molar-refractivity contribution in [2.24, 2.45) is 7.05 Å². The number of hydrogen-bond donors (Lipinski definition) is 3. The van der Waals surface area contributed by atoms with Gasteiger partial charge < -0.3 is 25.4 Å². The summed E-state index contributed by atoms with van der Waals surface area (Å²) in [4.78, 5) is 28.8. The molecule has 194 valence electrons. The number of amides is 2. The van der Waals surface area contributed by atoms with Crippen LogP contribution in [0.3, 0.4) is 0 Å². The summed E-state index contributed by atoms with van der Waals surface area (Å²) >= 11 is 0. The van der Waals surface area contributed by atoms with E-state index in [0.717, 1.165) is 43.1 Å². The van der Waals surface area contributed by atoms with Crippen molar-refractivity contribution in [2.45, 2.75) is 58.7 Å². The molecule has 2 amide bonds. The van der Waals surface area contributed by atoms with Crippen LogP contribution in [0.2, 0.25) is 0 Å². The van der Waals surface area contributed by atoms with Crippen molar-refractivity contribution in [3.63, 3.8) is 0 Å². The lowest BCUT2D eigenvalue weighted by molar-refractivity contribution is 0.232. The number of imidazole rings is 1. The number of nitrogens with one attached hydrogen (secondary N) is 3. The van der Waals surface area contributed by atoms with Crippen molar-refractivity contribution in [2.75, 3.05) is 23.3 Å². The van der Waals surface area contributed by atoms with Crippen LogP contribution in [-0.4, -0.2) is 50.7 Å². The third-order valence-corrected chi connectivity index (χ3v) is 7.10. The molecule has 0 bridgehead atoms. The van der Waals surface area contributed by atoms with E-state index in [0.29, 0.717) is 11.6 Å². The van der Waals surface area contributed by atoms with Gasteiger partial charge in [0, 0.05) is 32.2 Å². The summed E-state index contributed by atoms with van der Waals surface area (Å²) in [7, 11) is 2.00. The molecule has 3 heterocycles. The molecular formula is C28H36N8O.